The van der Waals surface area contributed by atoms with Crippen molar-refractivity contribution in [2.24, 2.45) is 5.73 Å². The summed E-state index contributed by atoms with van der Waals surface area (Å²) in [6.45, 7) is 8.07. The van der Waals surface area contributed by atoms with Gasteiger partial charge in [-0.3, -0.25) is 9.59 Å². The van der Waals surface area contributed by atoms with Gasteiger partial charge in [0.1, 0.15) is 0 Å². The summed E-state index contributed by atoms with van der Waals surface area (Å²) in [6, 6.07) is 7.45. The van der Waals surface area contributed by atoms with E-state index in [0.29, 0.717) is 124 Å². The molecule has 1 aromatic heterocycles. The summed E-state index contributed by atoms with van der Waals surface area (Å²) in [7, 11) is 0. The average molecular weight is 652 g/mol. The molecule has 2 aromatic rings. The lowest BCUT2D eigenvalue weighted by Crippen LogP contribution is -2.28. The maximum atomic E-state index is 12.1. The first kappa shape index (κ1) is 39.0. The smallest absolute Gasteiger partial charge is 0.220 e. The molecular formula is C30H49N7O9. The minimum Gasteiger partial charge on any atom is -0.378 e. The molecule has 0 aliphatic rings. The highest BCUT2D eigenvalue weighted by Gasteiger charge is 2.06. The normalized spacial score (nSPS) is 11.1. The quantitative estimate of drug-likeness (QED) is 0.0947. The van der Waals surface area contributed by atoms with Crippen LogP contribution in [0.2, 0.25) is 0 Å². The van der Waals surface area contributed by atoms with Gasteiger partial charge in [-0.05, 0) is 12.0 Å². The molecule has 0 spiro atoms. The largest absolute Gasteiger partial charge is 0.378 e. The number of hydrogen-bond donors (Lipinski definition) is 3. The molecule has 16 nitrogen and oxygen atoms in total. The number of aromatic nitrogens is 4. The molecule has 0 aliphatic heterocycles. The molecule has 2 amide bonds. The number of carbonyl (C=O) groups excluding carboxylic acids is 2. The third-order valence-corrected chi connectivity index (χ3v) is 5.98. The van der Waals surface area contributed by atoms with Crippen LogP contribution in [0.3, 0.4) is 0 Å². The Labute approximate surface area is 270 Å². The summed E-state index contributed by atoms with van der Waals surface area (Å²) < 4.78 is 37.8. The molecule has 1 heterocycles. The molecule has 2 rings (SSSR count). The van der Waals surface area contributed by atoms with Crippen LogP contribution in [-0.2, 0) is 49.3 Å². The van der Waals surface area contributed by atoms with E-state index in [1.165, 1.54) is 6.33 Å². The fraction of sp³-hybridized carbons (Fsp3) is 0.667. The van der Waals surface area contributed by atoms with Crippen LogP contribution >= 0.6 is 0 Å². The second-order valence-electron chi connectivity index (χ2n) is 9.62. The van der Waals surface area contributed by atoms with Gasteiger partial charge in [-0.15, -0.1) is 20.4 Å². The molecule has 4 N–H and O–H groups in total. The number of benzene rings is 1. The van der Waals surface area contributed by atoms with Gasteiger partial charge in [-0.2, -0.15) is 0 Å². The first-order chi connectivity index (χ1) is 22.7. The number of nitrogens with zero attached hydrogens (tertiary/aromatic N) is 4. The zero-order chi connectivity index (χ0) is 32.8. The lowest BCUT2D eigenvalue weighted by molar-refractivity contribution is -0.122. The Morgan fingerprint density at radius 1 is 0.587 bits per heavy atom. The maximum Gasteiger partial charge on any atom is 0.220 e. The van der Waals surface area contributed by atoms with Gasteiger partial charge in [0.15, 0.2) is 6.33 Å². The zero-order valence-electron chi connectivity index (χ0n) is 26.6. The van der Waals surface area contributed by atoms with E-state index in [1.54, 1.807) is 0 Å². The van der Waals surface area contributed by atoms with Crippen LogP contribution in [0.5, 0.6) is 0 Å². The molecule has 0 saturated heterocycles. The molecule has 0 saturated carbocycles. The van der Waals surface area contributed by atoms with Crippen molar-refractivity contribution in [3.8, 4) is 11.4 Å². The molecule has 258 valence electrons. The standard InChI is InChI=1S/C30H49N7O9/c31-8-10-40-12-14-42-16-18-44-20-22-46-23-21-45-19-17-43-15-13-41-11-9-32-28(38)2-1-3-29(39)33-24-26-4-6-27(7-5-26)30-36-34-25-35-37-30/h4-7,25H,1-3,8-24,31H2,(H,32,38)(H,33,39). The van der Waals surface area contributed by atoms with E-state index >= 15 is 0 Å². The minimum atomic E-state index is -0.116. The third-order valence-electron chi connectivity index (χ3n) is 5.98. The van der Waals surface area contributed by atoms with Crippen molar-refractivity contribution in [2.75, 3.05) is 106 Å². The fourth-order valence-corrected chi connectivity index (χ4v) is 3.65. The molecule has 0 fully saturated rings. The van der Waals surface area contributed by atoms with E-state index in [2.05, 4.69) is 31.0 Å². The molecule has 0 bridgehead atoms. The Morgan fingerprint density at radius 2 is 1.02 bits per heavy atom. The van der Waals surface area contributed by atoms with Crippen molar-refractivity contribution < 1.29 is 42.7 Å². The molecular weight excluding hydrogens is 602 g/mol. The molecule has 16 heteroatoms. The van der Waals surface area contributed by atoms with Crippen LogP contribution in [0.25, 0.3) is 11.4 Å². The topological polar surface area (TPSA) is 200 Å². The van der Waals surface area contributed by atoms with Crippen LogP contribution in [-0.4, -0.2) is 138 Å². The number of amides is 2. The molecule has 0 radical (unpaired) electrons. The Kier molecular flexibility index (Phi) is 23.7. The van der Waals surface area contributed by atoms with E-state index in [1.807, 2.05) is 24.3 Å². The van der Waals surface area contributed by atoms with Crippen LogP contribution < -0.4 is 16.4 Å². The van der Waals surface area contributed by atoms with E-state index in [-0.39, 0.29) is 24.7 Å². The summed E-state index contributed by atoms with van der Waals surface area (Å²) in [5.74, 6) is 0.209. The number of rotatable bonds is 30. The summed E-state index contributed by atoms with van der Waals surface area (Å²) in [5.41, 5.74) is 7.05. The van der Waals surface area contributed by atoms with Gasteiger partial charge in [-0.1, -0.05) is 24.3 Å². The maximum absolute atomic E-state index is 12.1. The lowest BCUT2D eigenvalue weighted by atomic mass is 10.1. The van der Waals surface area contributed by atoms with Gasteiger partial charge >= 0.3 is 0 Å². The van der Waals surface area contributed by atoms with E-state index in [9.17, 15) is 9.59 Å². The van der Waals surface area contributed by atoms with Gasteiger partial charge in [-0.25, -0.2) is 0 Å². The van der Waals surface area contributed by atoms with E-state index in [4.69, 9.17) is 38.9 Å². The second-order valence-corrected chi connectivity index (χ2v) is 9.62. The van der Waals surface area contributed by atoms with Gasteiger partial charge in [0.25, 0.3) is 0 Å². The predicted molar refractivity (Wildman–Crippen MR) is 167 cm³/mol. The Balaban J connectivity index is 1.27. The molecule has 0 aliphatic carbocycles. The summed E-state index contributed by atoms with van der Waals surface area (Å²) in [4.78, 5) is 24.1. The third kappa shape index (κ3) is 21.5. The molecule has 0 atom stereocenters. The number of nitrogens with one attached hydrogen (secondary N) is 2. The first-order valence-corrected chi connectivity index (χ1v) is 15.6. The predicted octanol–water partition coefficient (Wildman–Crippen LogP) is -0.0888. The summed E-state index contributed by atoms with van der Waals surface area (Å²) in [6.07, 6.45) is 2.27. The number of nitrogens with two attached hydrogens (primary N) is 1. The van der Waals surface area contributed by atoms with Gasteiger partial charge in [0, 0.05) is 38.0 Å². The highest BCUT2D eigenvalue weighted by molar-refractivity contribution is 5.78. The van der Waals surface area contributed by atoms with Gasteiger partial charge in [0.2, 0.25) is 17.6 Å². The second kappa shape index (κ2) is 28.0. The lowest BCUT2D eigenvalue weighted by Gasteiger charge is -2.09. The Morgan fingerprint density at radius 3 is 1.50 bits per heavy atom. The summed E-state index contributed by atoms with van der Waals surface area (Å²) in [5, 5.41) is 20.9. The Hall–Kier alpha value is -3.22. The zero-order valence-corrected chi connectivity index (χ0v) is 26.6. The highest BCUT2D eigenvalue weighted by atomic mass is 16.6. The first-order valence-electron chi connectivity index (χ1n) is 15.6. The van der Waals surface area contributed by atoms with Crippen LogP contribution in [0, 0.1) is 0 Å². The average Bonchev–Trinajstić information content (AvgIpc) is 3.08. The fourth-order valence-electron chi connectivity index (χ4n) is 3.65. The number of carbonyl (C=O) groups is 2. The highest BCUT2D eigenvalue weighted by Crippen LogP contribution is 2.13. The van der Waals surface area contributed by atoms with Crippen molar-refractivity contribution in [1.82, 2.24) is 31.0 Å². The Bertz CT molecular complexity index is 1020. The van der Waals surface area contributed by atoms with Crippen molar-refractivity contribution in [1.29, 1.82) is 0 Å². The minimum absolute atomic E-state index is 0.112. The molecule has 0 unspecified atom stereocenters. The SMILES string of the molecule is NCCOCCOCCOCCOCCOCCOCCOCCNC(=O)CCCC(=O)NCc1ccc(-c2nncnn2)cc1. The monoisotopic (exact) mass is 651 g/mol. The van der Waals surface area contributed by atoms with Crippen molar-refractivity contribution in [3.05, 3.63) is 36.2 Å². The van der Waals surface area contributed by atoms with Crippen molar-refractivity contribution in [3.63, 3.8) is 0 Å². The van der Waals surface area contributed by atoms with Crippen LogP contribution in [0.1, 0.15) is 24.8 Å². The molecule has 1 aromatic carbocycles. The van der Waals surface area contributed by atoms with Crippen molar-refractivity contribution >= 4 is 11.8 Å². The number of ether oxygens (including phenoxy) is 7. The van der Waals surface area contributed by atoms with Gasteiger partial charge < -0.3 is 49.5 Å². The summed E-state index contributed by atoms with van der Waals surface area (Å²) >= 11 is 0. The van der Waals surface area contributed by atoms with Crippen molar-refractivity contribution in [2.45, 2.75) is 25.8 Å². The van der Waals surface area contributed by atoms with Crippen LogP contribution in [0.4, 0.5) is 0 Å². The van der Waals surface area contributed by atoms with E-state index < -0.39 is 0 Å². The molecule has 46 heavy (non-hydrogen) atoms. The number of hydrogen-bond acceptors (Lipinski definition) is 14. The van der Waals surface area contributed by atoms with Gasteiger partial charge in [0.05, 0.1) is 92.5 Å². The van der Waals surface area contributed by atoms with E-state index in [0.717, 1.165) is 11.1 Å². The van der Waals surface area contributed by atoms with Crippen LogP contribution in [0.15, 0.2) is 30.6 Å².